The van der Waals surface area contributed by atoms with E-state index in [0.717, 1.165) is 0 Å². The van der Waals surface area contributed by atoms with Gasteiger partial charge in [0.2, 0.25) is 0 Å². The molecule has 0 bridgehead atoms. The number of hydrogen-bond acceptors (Lipinski definition) is 0. The Morgan fingerprint density at radius 3 is 0.833 bits per heavy atom. The van der Waals surface area contributed by atoms with E-state index in [9.17, 15) is 13.2 Å². The van der Waals surface area contributed by atoms with E-state index in [1.54, 1.807) is 0 Å². The molecule has 56 valence electrons. The summed E-state index contributed by atoms with van der Waals surface area (Å²) in [7, 11) is 0. The van der Waals surface area contributed by atoms with Crippen molar-refractivity contribution in [3.05, 3.63) is 0 Å². The van der Waals surface area contributed by atoms with Crippen LogP contribution in [0.25, 0.3) is 0 Å². The second kappa shape index (κ2) is 10.3. The Kier molecular flexibility index (Phi) is 27.0. The van der Waals surface area contributed by atoms with Crippen LogP contribution in [0.4, 0.5) is 13.2 Å². The van der Waals surface area contributed by atoms with E-state index in [-0.39, 0.29) is 73.7 Å². The Morgan fingerprint density at radius 1 is 0.833 bits per heavy atom. The van der Waals surface area contributed by atoms with E-state index >= 15 is 0 Å². The van der Waals surface area contributed by atoms with Gasteiger partial charge < -0.3 is 0 Å². The topological polar surface area (TPSA) is 0 Å². The van der Waals surface area contributed by atoms with Crippen molar-refractivity contribution in [1.82, 2.24) is 0 Å². The Bertz CT molecular complexity index is 13.5. The van der Waals surface area contributed by atoms with Crippen LogP contribution in [0.1, 0.15) is 0 Å². The fourth-order valence-electron chi connectivity index (χ4n) is 0. The first-order valence-electron chi connectivity index (χ1n) is 0.655. The van der Waals surface area contributed by atoms with Gasteiger partial charge in [-0.15, -0.1) is 0 Å². The van der Waals surface area contributed by atoms with Gasteiger partial charge in [0.25, 0.3) is 0 Å². The van der Waals surface area contributed by atoms with Crippen LogP contribution in [-0.4, -0.2) is 6.68 Å². The normalized spacial score (nSPS) is 6.00. The molecule has 0 N–H and O–H groups in total. The largest absolute Gasteiger partial charge is 0.379 e. The third-order valence-electron chi connectivity index (χ3n) is 0. The van der Waals surface area contributed by atoms with Crippen molar-refractivity contribution in [3.8, 4) is 0 Å². The Balaban J connectivity index is -0.0000000450. The molecule has 0 aliphatic heterocycles. The number of hydrogen-bond donors (Lipinski definition) is 0. The fraction of sp³-hybridized carbons (Fsp3) is 1.00. The van der Waals surface area contributed by atoms with Crippen molar-refractivity contribution in [1.29, 1.82) is 0 Å². The Morgan fingerprint density at radius 2 is 0.833 bits per heavy atom. The summed E-state index contributed by atoms with van der Waals surface area (Å²) in [6.07, 6.45) is 0. The summed E-state index contributed by atoms with van der Waals surface area (Å²) < 4.78 is 29.0. The molecule has 0 amide bonds. The van der Waals surface area contributed by atoms with Gasteiger partial charge >= 0.3 is 6.68 Å². The van der Waals surface area contributed by atoms with Gasteiger partial charge in [-0.2, -0.15) is 13.2 Å². The second-order valence-corrected chi connectivity index (χ2v) is 0.247. The second-order valence-electron chi connectivity index (χ2n) is 0.247. The summed E-state index contributed by atoms with van der Waals surface area (Å²) >= 11 is 0. The summed E-state index contributed by atoms with van der Waals surface area (Å²) in [6.45, 7) is -3.67. The summed E-state index contributed by atoms with van der Waals surface area (Å²) in [4.78, 5) is 0. The molecule has 0 atom stereocenters. The van der Waals surface area contributed by atoms with E-state index in [0.29, 0.717) is 0 Å². The summed E-state index contributed by atoms with van der Waals surface area (Å²) in [5.41, 5.74) is 0. The molecule has 5 heteroatoms. The smallest absolute Gasteiger partial charge is 0.174 e. The number of alkyl halides is 3. The van der Waals surface area contributed by atoms with Crippen molar-refractivity contribution in [2.45, 2.75) is 6.68 Å². The van der Waals surface area contributed by atoms with Crippen molar-refractivity contribution in [2.75, 3.05) is 0 Å². The average molecular weight is 420 g/mol. The first kappa shape index (κ1) is 15.7. The summed E-state index contributed by atoms with van der Waals surface area (Å²) in [6, 6.07) is 0. The van der Waals surface area contributed by atoms with Gasteiger partial charge in [-0.1, -0.05) is 0 Å². The molecule has 0 heterocycles. The molecule has 6 heavy (non-hydrogen) atoms. The van der Waals surface area contributed by atoms with Gasteiger partial charge in [0.05, 0.1) is 0 Å². The van der Waals surface area contributed by atoms with Gasteiger partial charge in [-0.3, -0.25) is 0 Å². The molecule has 0 spiro atoms. The molecule has 0 saturated heterocycles. The van der Waals surface area contributed by atoms with Crippen LogP contribution in [-0.2, 0) is 0 Å². The molecule has 0 nitrogen and oxygen atoms in total. The average Bonchev–Trinajstić information content (AvgIpc) is 0.811. The molecule has 0 aliphatic carbocycles. The van der Waals surface area contributed by atoms with Crippen LogP contribution >= 0.6 is 0 Å². The monoisotopic (exact) mass is 420 g/mol. The molecule has 0 aliphatic rings. The Hall–Kier alpha value is 2.26. The van der Waals surface area contributed by atoms with Crippen molar-refractivity contribution >= 4 is 0 Å². The molecule has 0 aromatic carbocycles. The zero-order chi connectivity index (χ0) is 3.58. The Labute approximate surface area is 91.8 Å². The molecule has 2 radical (unpaired) electrons. The van der Waals surface area contributed by atoms with E-state index in [1.165, 1.54) is 0 Å². The zero-order valence-corrected chi connectivity index (χ0v) is 5.54. The number of rotatable bonds is 0. The van der Waals surface area contributed by atoms with E-state index in [4.69, 9.17) is 0 Å². The maximum atomic E-state index is 9.67. The van der Waals surface area contributed by atoms with E-state index < -0.39 is 6.68 Å². The van der Waals surface area contributed by atoms with Crippen LogP contribution in [0.2, 0.25) is 0 Å². The minimum absolute atomic E-state index is 0. The van der Waals surface area contributed by atoms with Crippen LogP contribution in [0, 0.1) is 73.7 Å². The van der Waals surface area contributed by atoms with E-state index in [2.05, 4.69) is 0 Å². The molecule has 0 aromatic heterocycles. The zero-order valence-electron chi connectivity index (χ0n) is 2.23. The van der Waals surface area contributed by atoms with Crippen LogP contribution < -0.4 is 0 Å². The molecule has 0 rings (SSSR count). The molecule has 0 aromatic rings. The quantitative estimate of drug-likeness (QED) is 0.553. The van der Waals surface area contributed by atoms with Gasteiger partial charge in [0, 0.05) is 73.7 Å². The minimum atomic E-state index is -3.67. The van der Waals surface area contributed by atoms with Crippen LogP contribution in [0.3, 0.4) is 0 Å². The molecule has 0 saturated carbocycles. The third-order valence-corrected chi connectivity index (χ3v) is 0. The van der Waals surface area contributed by atoms with Crippen LogP contribution in [0.15, 0.2) is 0 Å². The van der Waals surface area contributed by atoms with Gasteiger partial charge in [0.1, 0.15) is 0 Å². The predicted molar refractivity (Wildman–Crippen MR) is 7.11 cm³/mol. The van der Waals surface area contributed by atoms with Crippen LogP contribution in [0.5, 0.6) is 0 Å². The van der Waals surface area contributed by atoms with Gasteiger partial charge in [-0.05, 0) is 0 Å². The molecular formula is CHF3Lu2. The maximum Gasteiger partial charge on any atom is 0.379 e. The SMILES string of the molecule is FC(F)F.[Lu].[Lu]. The molecule has 0 unspecified atom stereocenters. The third kappa shape index (κ3) is 33.9. The van der Waals surface area contributed by atoms with Crippen molar-refractivity contribution < 1.29 is 86.9 Å². The standard InChI is InChI=1S/CHF3.2Lu/c2-1(3)4;;/h1H;;. The minimum Gasteiger partial charge on any atom is -0.174 e. The van der Waals surface area contributed by atoms with E-state index in [1.807, 2.05) is 0 Å². The predicted octanol–water partition coefficient (Wildman–Crippen LogP) is 1.18. The molecular weight excluding hydrogens is 419 g/mol. The van der Waals surface area contributed by atoms with Gasteiger partial charge in [0.15, 0.2) is 0 Å². The fourth-order valence-corrected chi connectivity index (χ4v) is 0. The summed E-state index contributed by atoms with van der Waals surface area (Å²) in [5, 5.41) is 0. The summed E-state index contributed by atoms with van der Waals surface area (Å²) in [5.74, 6) is 0. The van der Waals surface area contributed by atoms with Gasteiger partial charge in [-0.25, -0.2) is 0 Å². The first-order chi connectivity index (χ1) is 1.73. The maximum absolute atomic E-state index is 9.67. The van der Waals surface area contributed by atoms with Crippen molar-refractivity contribution in [3.63, 3.8) is 0 Å². The number of halogens is 3. The van der Waals surface area contributed by atoms with Crippen molar-refractivity contribution in [2.24, 2.45) is 0 Å². The first-order valence-corrected chi connectivity index (χ1v) is 0.655. The molecule has 0 fully saturated rings.